The molecule has 2 aromatic heterocycles. The van der Waals surface area contributed by atoms with E-state index in [9.17, 15) is 9.59 Å². The summed E-state index contributed by atoms with van der Waals surface area (Å²) >= 11 is 0. The van der Waals surface area contributed by atoms with Crippen LogP contribution in [0.2, 0.25) is 0 Å². The zero-order valence-electron chi connectivity index (χ0n) is 15.3. The highest BCUT2D eigenvalue weighted by Gasteiger charge is 2.20. The predicted molar refractivity (Wildman–Crippen MR) is 97.9 cm³/mol. The second-order valence-electron chi connectivity index (χ2n) is 6.82. The van der Waals surface area contributed by atoms with Crippen molar-refractivity contribution < 1.29 is 9.32 Å². The van der Waals surface area contributed by atoms with E-state index in [0.717, 1.165) is 10.9 Å². The minimum Gasteiger partial charge on any atom is -0.340 e. The Morgan fingerprint density at radius 2 is 2.00 bits per heavy atom. The van der Waals surface area contributed by atoms with Gasteiger partial charge in [-0.3, -0.25) is 9.59 Å². The van der Waals surface area contributed by atoms with Crippen molar-refractivity contribution in [3.05, 3.63) is 58.0 Å². The van der Waals surface area contributed by atoms with Crippen LogP contribution in [-0.4, -0.2) is 20.6 Å². The van der Waals surface area contributed by atoms with Gasteiger partial charge in [0, 0.05) is 13.5 Å². The van der Waals surface area contributed by atoms with E-state index >= 15 is 0 Å². The molecule has 0 radical (unpaired) electrons. The standard InChI is InChI=1S/C19H22N4O3/c1-11(2)9-16-21-18(26-22-16)12(3)20-17(24)14-10-13-7-5-6-8-15(13)23(4)19(14)25/h5-8,10-12H,9H2,1-4H3,(H,20,24)/t12-/m1/s1. The number of aromatic nitrogens is 3. The molecule has 1 atom stereocenters. The Hall–Kier alpha value is -2.96. The van der Waals surface area contributed by atoms with Crippen LogP contribution in [0.15, 0.2) is 39.6 Å². The van der Waals surface area contributed by atoms with Gasteiger partial charge in [0.25, 0.3) is 11.5 Å². The molecule has 2 heterocycles. The number of pyridine rings is 1. The van der Waals surface area contributed by atoms with Gasteiger partial charge in [-0.15, -0.1) is 0 Å². The third kappa shape index (κ3) is 3.51. The highest BCUT2D eigenvalue weighted by atomic mass is 16.5. The van der Waals surface area contributed by atoms with Crippen molar-refractivity contribution in [2.24, 2.45) is 13.0 Å². The summed E-state index contributed by atoms with van der Waals surface area (Å²) in [5, 5.41) is 7.51. The van der Waals surface area contributed by atoms with Gasteiger partial charge >= 0.3 is 0 Å². The molecule has 1 N–H and O–H groups in total. The van der Waals surface area contributed by atoms with Crippen molar-refractivity contribution in [3.63, 3.8) is 0 Å². The van der Waals surface area contributed by atoms with Crippen LogP contribution in [0.5, 0.6) is 0 Å². The maximum absolute atomic E-state index is 12.6. The molecule has 3 aromatic rings. The number of rotatable bonds is 5. The molecule has 7 heteroatoms. The van der Waals surface area contributed by atoms with Gasteiger partial charge in [-0.2, -0.15) is 4.98 Å². The fourth-order valence-corrected chi connectivity index (χ4v) is 2.81. The van der Waals surface area contributed by atoms with Gasteiger partial charge in [0.2, 0.25) is 5.89 Å². The van der Waals surface area contributed by atoms with E-state index in [1.165, 1.54) is 4.57 Å². The van der Waals surface area contributed by atoms with E-state index in [1.54, 1.807) is 20.0 Å². The van der Waals surface area contributed by atoms with Crippen LogP contribution in [0.25, 0.3) is 10.9 Å². The van der Waals surface area contributed by atoms with Gasteiger partial charge in [0.1, 0.15) is 11.6 Å². The molecule has 136 valence electrons. The van der Waals surface area contributed by atoms with Crippen LogP contribution in [0.3, 0.4) is 0 Å². The first kappa shape index (κ1) is 17.8. The monoisotopic (exact) mass is 354 g/mol. The number of amides is 1. The maximum Gasteiger partial charge on any atom is 0.263 e. The molecule has 0 fully saturated rings. The molecule has 1 aromatic carbocycles. The lowest BCUT2D eigenvalue weighted by atomic mass is 10.1. The lowest BCUT2D eigenvalue weighted by molar-refractivity contribution is 0.0930. The Morgan fingerprint density at radius 3 is 2.73 bits per heavy atom. The molecule has 0 spiro atoms. The molecule has 0 aliphatic rings. The Kier molecular flexibility index (Phi) is 4.88. The van der Waals surface area contributed by atoms with E-state index in [0.29, 0.717) is 24.1 Å². The Morgan fingerprint density at radius 1 is 1.27 bits per heavy atom. The fraction of sp³-hybridized carbons (Fsp3) is 0.368. The second-order valence-corrected chi connectivity index (χ2v) is 6.82. The number of benzene rings is 1. The predicted octanol–water partition coefficient (Wildman–Crippen LogP) is 2.61. The van der Waals surface area contributed by atoms with E-state index in [1.807, 2.05) is 24.3 Å². The first-order chi connectivity index (χ1) is 12.4. The third-order valence-electron chi connectivity index (χ3n) is 4.17. The Labute approximate surface area is 151 Å². The number of fused-ring (bicyclic) bond motifs is 1. The molecule has 7 nitrogen and oxygen atoms in total. The van der Waals surface area contributed by atoms with Crippen molar-refractivity contribution in [3.8, 4) is 0 Å². The number of hydrogen-bond acceptors (Lipinski definition) is 5. The van der Waals surface area contributed by atoms with Crippen molar-refractivity contribution >= 4 is 16.8 Å². The quantitative estimate of drug-likeness (QED) is 0.761. The largest absolute Gasteiger partial charge is 0.340 e. The number of carbonyl (C=O) groups excluding carboxylic acids is 1. The normalized spacial score (nSPS) is 12.5. The molecule has 0 saturated carbocycles. The Bertz CT molecular complexity index is 1000. The average molecular weight is 354 g/mol. The van der Waals surface area contributed by atoms with Gasteiger partial charge in [-0.1, -0.05) is 37.2 Å². The number of carbonyl (C=O) groups is 1. The van der Waals surface area contributed by atoms with Gasteiger partial charge in [-0.25, -0.2) is 0 Å². The summed E-state index contributed by atoms with van der Waals surface area (Å²) < 4.78 is 6.70. The van der Waals surface area contributed by atoms with Gasteiger partial charge < -0.3 is 14.4 Å². The smallest absolute Gasteiger partial charge is 0.263 e. The Balaban J connectivity index is 1.84. The summed E-state index contributed by atoms with van der Waals surface area (Å²) in [4.78, 5) is 29.4. The zero-order chi connectivity index (χ0) is 18.8. The van der Waals surface area contributed by atoms with Crippen molar-refractivity contribution in [2.75, 3.05) is 0 Å². The lowest BCUT2D eigenvalue weighted by Crippen LogP contribution is -2.33. The molecule has 1 amide bonds. The first-order valence-corrected chi connectivity index (χ1v) is 8.59. The highest BCUT2D eigenvalue weighted by molar-refractivity contribution is 5.97. The minimum atomic E-state index is -0.493. The molecule has 0 unspecified atom stereocenters. The molecular formula is C19H22N4O3. The number of nitrogens with zero attached hydrogens (tertiary/aromatic N) is 3. The van der Waals surface area contributed by atoms with Crippen LogP contribution in [0.1, 0.15) is 48.9 Å². The average Bonchev–Trinajstić information content (AvgIpc) is 3.06. The fourth-order valence-electron chi connectivity index (χ4n) is 2.81. The van der Waals surface area contributed by atoms with E-state index < -0.39 is 11.9 Å². The topological polar surface area (TPSA) is 90.0 Å². The molecule has 0 bridgehead atoms. The van der Waals surface area contributed by atoms with Crippen LogP contribution < -0.4 is 10.9 Å². The summed E-state index contributed by atoms with van der Waals surface area (Å²) in [7, 11) is 1.65. The number of aryl methyl sites for hydroxylation is 1. The molecule has 26 heavy (non-hydrogen) atoms. The van der Waals surface area contributed by atoms with Gasteiger partial charge in [0.05, 0.1) is 5.52 Å². The van der Waals surface area contributed by atoms with Crippen molar-refractivity contribution in [2.45, 2.75) is 33.2 Å². The zero-order valence-corrected chi connectivity index (χ0v) is 15.3. The number of para-hydroxylation sites is 1. The summed E-state index contributed by atoms with van der Waals surface area (Å²) in [6, 6.07) is 8.55. The van der Waals surface area contributed by atoms with Crippen LogP contribution >= 0.6 is 0 Å². The highest BCUT2D eigenvalue weighted by Crippen LogP contribution is 2.15. The SMILES string of the molecule is CC(C)Cc1noc([C@@H](C)NC(=O)c2cc3ccccc3n(C)c2=O)n1. The van der Waals surface area contributed by atoms with Gasteiger partial charge in [0.15, 0.2) is 5.82 Å². The van der Waals surface area contributed by atoms with Crippen LogP contribution in [0, 0.1) is 5.92 Å². The van der Waals surface area contributed by atoms with Crippen LogP contribution in [-0.2, 0) is 13.5 Å². The minimum absolute atomic E-state index is 0.0833. The van der Waals surface area contributed by atoms with E-state index in [4.69, 9.17) is 4.52 Å². The molecule has 0 saturated heterocycles. The molecule has 0 aliphatic carbocycles. The second kappa shape index (κ2) is 7.11. The third-order valence-corrected chi connectivity index (χ3v) is 4.17. The molecular weight excluding hydrogens is 332 g/mol. The molecule has 0 aliphatic heterocycles. The van der Waals surface area contributed by atoms with E-state index in [-0.39, 0.29) is 11.1 Å². The molecule has 3 rings (SSSR count). The van der Waals surface area contributed by atoms with Gasteiger partial charge in [-0.05, 0) is 30.4 Å². The van der Waals surface area contributed by atoms with Crippen molar-refractivity contribution in [1.82, 2.24) is 20.0 Å². The van der Waals surface area contributed by atoms with E-state index in [2.05, 4.69) is 29.3 Å². The van der Waals surface area contributed by atoms with Crippen LogP contribution in [0.4, 0.5) is 0 Å². The summed E-state index contributed by atoms with van der Waals surface area (Å²) in [5.41, 5.74) is 0.511. The summed E-state index contributed by atoms with van der Waals surface area (Å²) in [6.07, 6.45) is 0.704. The lowest BCUT2D eigenvalue weighted by Gasteiger charge is -2.11. The van der Waals surface area contributed by atoms with Crippen molar-refractivity contribution in [1.29, 1.82) is 0 Å². The first-order valence-electron chi connectivity index (χ1n) is 8.59. The number of hydrogen-bond donors (Lipinski definition) is 1. The number of nitrogens with one attached hydrogen (secondary N) is 1. The summed E-state index contributed by atoms with van der Waals surface area (Å²) in [5.74, 6) is 0.878. The maximum atomic E-state index is 12.6. The summed E-state index contributed by atoms with van der Waals surface area (Å²) in [6.45, 7) is 5.88.